The van der Waals surface area contributed by atoms with Crippen LogP contribution in [0.4, 0.5) is 11.4 Å². The summed E-state index contributed by atoms with van der Waals surface area (Å²) >= 11 is 0. The Morgan fingerprint density at radius 1 is 0.739 bits per heavy atom. The van der Waals surface area contributed by atoms with Crippen LogP contribution in [0.25, 0.3) is 0 Å². The van der Waals surface area contributed by atoms with E-state index in [4.69, 9.17) is 10.1 Å². The van der Waals surface area contributed by atoms with E-state index in [1.165, 1.54) is 56.9 Å². The Bertz CT molecular complexity index is 669. The Kier molecular flexibility index (Phi) is 4.23. The summed E-state index contributed by atoms with van der Waals surface area (Å²) in [7, 11) is 0. The first-order valence-corrected chi connectivity index (χ1v) is 9.03. The van der Waals surface area contributed by atoms with Crippen LogP contribution in [-0.4, -0.2) is 0 Å². The molecule has 0 spiro atoms. The first kappa shape index (κ1) is 14.6. The van der Waals surface area contributed by atoms with Crippen LogP contribution in [-0.2, 0) is 0 Å². The topological polar surface area (TPSA) is 23.3 Å². The summed E-state index contributed by atoms with van der Waals surface area (Å²) in [5, 5.41) is 4.94. The lowest BCUT2D eigenvalue weighted by Crippen LogP contribution is -2.08. The normalized spacial score (nSPS) is 18.4. The van der Waals surface area contributed by atoms with E-state index in [1.807, 2.05) is 30.3 Å². The van der Waals surface area contributed by atoms with Gasteiger partial charge in [0, 0.05) is 0 Å². The van der Waals surface area contributed by atoms with E-state index in [2.05, 4.69) is 12.1 Å². The molecule has 2 aromatic carbocycles. The van der Waals surface area contributed by atoms with Crippen molar-refractivity contribution in [2.75, 3.05) is 0 Å². The summed E-state index contributed by atoms with van der Waals surface area (Å²) in [5.74, 6) is 2.41. The van der Waals surface area contributed by atoms with Crippen LogP contribution in [0.3, 0.4) is 0 Å². The van der Waals surface area contributed by atoms with Gasteiger partial charge in [-0.2, -0.15) is 0 Å². The molecule has 2 nitrogen and oxygen atoms in total. The van der Waals surface area contributed by atoms with Crippen LogP contribution >= 0.6 is 0 Å². The number of nitrogens with zero attached hydrogens (tertiary/aromatic N) is 1. The standard InChI is InChI=1S/C21H24NO/c1-2-4-6-11-16(10-5-3-1)17-12-9-15-20-21(17)22-18-13-7-8-14-19(18)23-20/h7-9,12-16H,1-6,10-11H2. The molecule has 1 aliphatic heterocycles. The SMILES string of the molecule is c1ccc2c(c1)[N]c1c(cccc1C1CCCCCCCC1)O2. The second kappa shape index (κ2) is 6.66. The summed E-state index contributed by atoms with van der Waals surface area (Å²) < 4.78 is 6.10. The van der Waals surface area contributed by atoms with Gasteiger partial charge in [-0.25, -0.2) is 5.32 Å². The molecule has 1 saturated carbocycles. The van der Waals surface area contributed by atoms with E-state index in [9.17, 15) is 0 Å². The predicted molar refractivity (Wildman–Crippen MR) is 94.1 cm³/mol. The Morgan fingerprint density at radius 3 is 2.26 bits per heavy atom. The van der Waals surface area contributed by atoms with Crippen molar-refractivity contribution in [3.8, 4) is 11.5 Å². The Balaban J connectivity index is 1.65. The van der Waals surface area contributed by atoms with Crippen molar-refractivity contribution in [2.45, 2.75) is 57.3 Å². The van der Waals surface area contributed by atoms with Crippen molar-refractivity contribution in [1.29, 1.82) is 0 Å². The quantitative estimate of drug-likeness (QED) is 0.498. The maximum absolute atomic E-state index is 6.10. The van der Waals surface area contributed by atoms with Gasteiger partial charge in [0.2, 0.25) is 0 Å². The number of ether oxygens (including phenoxy) is 1. The fourth-order valence-electron chi connectivity index (χ4n) is 3.89. The molecule has 0 saturated heterocycles. The number of hydrogen-bond donors (Lipinski definition) is 0. The molecule has 0 amide bonds. The smallest absolute Gasteiger partial charge is 0.153 e. The van der Waals surface area contributed by atoms with Gasteiger partial charge in [0.15, 0.2) is 11.5 Å². The zero-order valence-electron chi connectivity index (χ0n) is 13.6. The zero-order chi connectivity index (χ0) is 15.5. The van der Waals surface area contributed by atoms with Crippen molar-refractivity contribution in [3.63, 3.8) is 0 Å². The molecule has 119 valence electrons. The van der Waals surface area contributed by atoms with Crippen molar-refractivity contribution in [2.24, 2.45) is 0 Å². The molecular formula is C21H24NO. The molecule has 2 heteroatoms. The number of benzene rings is 2. The second-order valence-electron chi connectivity index (χ2n) is 6.77. The number of hydrogen-bond acceptors (Lipinski definition) is 1. The minimum absolute atomic E-state index is 0.626. The van der Waals surface area contributed by atoms with Gasteiger partial charge in [-0.15, -0.1) is 0 Å². The highest BCUT2D eigenvalue weighted by Crippen LogP contribution is 2.47. The summed E-state index contributed by atoms with van der Waals surface area (Å²) in [6, 6.07) is 14.5. The number of fused-ring (bicyclic) bond motifs is 2. The van der Waals surface area contributed by atoms with E-state index >= 15 is 0 Å². The summed E-state index contributed by atoms with van der Waals surface area (Å²) in [4.78, 5) is 0. The van der Waals surface area contributed by atoms with Crippen LogP contribution in [0.1, 0.15) is 62.8 Å². The van der Waals surface area contributed by atoms with E-state index in [1.54, 1.807) is 0 Å². The minimum Gasteiger partial charge on any atom is -0.453 e. The molecule has 1 aliphatic carbocycles. The minimum atomic E-state index is 0.626. The predicted octanol–water partition coefficient (Wildman–Crippen LogP) is 6.58. The molecule has 2 aromatic rings. The molecule has 0 atom stereocenters. The van der Waals surface area contributed by atoms with Gasteiger partial charge >= 0.3 is 0 Å². The maximum atomic E-state index is 6.10. The van der Waals surface area contributed by atoms with Crippen LogP contribution in [0.15, 0.2) is 42.5 Å². The third-order valence-electron chi connectivity index (χ3n) is 5.14. The second-order valence-corrected chi connectivity index (χ2v) is 6.77. The van der Waals surface area contributed by atoms with Gasteiger partial charge in [0.05, 0.1) is 0 Å². The third-order valence-corrected chi connectivity index (χ3v) is 5.14. The van der Waals surface area contributed by atoms with Gasteiger partial charge < -0.3 is 4.74 Å². The van der Waals surface area contributed by atoms with Gasteiger partial charge in [0.25, 0.3) is 0 Å². The van der Waals surface area contributed by atoms with Gasteiger partial charge in [-0.1, -0.05) is 62.8 Å². The maximum Gasteiger partial charge on any atom is 0.153 e. The van der Waals surface area contributed by atoms with Crippen LogP contribution in [0.5, 0.6) is 11.5 Å². The largest absolute Gasteiger partial charge is 0.453 e. The average Bonchev–Trinajstić information content (AvgIpc) is 2.73. The van der Waals surface area contributed by atoms with Crippen LogP contribution in [0.2, 0.25) is 0 Å². The molecule has 0 bridgehead atoms. The summed E-state index contributed by atoms with van der Waals surface area (Å²) in [6.45, 7) is 0. The van der Waals surface area contributed by atoms with Crippen molar-refractivity contribution < 1.29 is 4.74 Å². The highest BCUT2D eigenvalue weighted by atomic mass is 16.5. The molecule has 4 rings (SSSR count). The first-order chi connectivity index (χ1) is 11.4. The molecule has 1 fully saturated rings. The van der Waals surface area contributed by atoms with Crippen molar-refractivity contribution in [3.05, 3.63) is 48.0 Å². The fourth-order valence-corrected chi connectivity index (χ4v) is 3.89. The highest BCUT2D eigenvalue weighted by Gasteiger charge is 2.24. The molecule has 2 aliphatic rings. The first-order valence-electron chi connectivity index (χ1n) is 9.03. The zero-order valence-corrected chi connectivity index (χ0v) is 13.6. The summed E-state index contributed by atoms with van der Waals surface area (Å²) in [5.41, 5.74) is 3.41. The Hall–Kier alpha value is -1.96. The van der Waals surface area contributed by atoms with Crippen molar-refractivity contribution in [1.82, 2.24) is 5.32 Å². The van der Waals surface area contributed by atoms with Crippen LogP contribution < -0.4 is 10.1 Å². The molecule has 0 unspecified atom stereocenters. The van der Waals surface area contributed by atoms with Gasteiger partial charge in [-0.3, -0.25) is 0 Å². The Morgan fingerprint density at radius 2 is 1.43 bits per heavy atom. The molecule has 0 aromatic heterocycles. The average molecular weight is 306 g/mol. The van der Waals surface area contributed by atoms with E-state index < -0.39 is 0 Å². The Labute approximate surface area is 138 Å². The lowest BCUT2D eigenvalue weighted by atomic mass is 9.88. The highest BCUT2D eigenvalue weighted by molar-refractivity contribution is 5.70. The molecule has 1 radical (unpaired) electrons. The number of rotatable bonds is 1. The lowest BCUT2D eigenvalue weighted by Gasteiger charge is -2.25. The van der Waals surface area contributed by atoms with E-state index in [0.29, 0.717) is 5.92 Å². The van der Waals surface area contributed by atoms with E-state index in [-0.39, 0.29) is 0 Å². The van der Waals surface area contributed by atoms with E-state index in [0.717, 1.165) is 22.9 Å². The molecule has 0 N–H and O–H groups in total. The lowest BCUT2D eigenvalue weighted by molar-refractivity contribution is 0.466. The summed E-state index contributed by atoms with van der Waals surface area (Å²) in [6.07, 6.45) is 10.8. The van der Waals surface area contributed by atoms with Gasteiger partial charge in [-0.05, 0) is 42.5 Å². The molecule has 1 heterocycles. The molecule has 23 heavy (non-hydrogen) atoms. The number of para-hydroxylation sites is 3. The monoisotopic (exact) mass is 306 g/mol. The fraction of sp³-hybridized carbons (Fsp3) is 0.429. The third kappa shape index (κ3) is 3.08. The van der Waals surface area contributed by atoms with Gasteiger partial charge in [0.1, 0.15) is 11.4 Å². The molecular weight excluding hydrogens is 282 g/mol. The van der Waals surface area contributed by atoms with Crippen LogP contribution in [0, 0.1) is 0 Å². The van der Waals surface area contributed by atoms with Crippen molar-refractivity contribution >= 4 is 11.4 Å².